The number of rotatable bonds is 5. The van der Waals surface area contributed by atoms with Gasteiger partial charge in [-0.15, -0.1) is 11.8 Å². The van der Waals surface area contributed by atoms with Crippen molar-refractivity contribution >= 4 is 11.8 Å². The summed E-state index contributed by atoms with van der Waals surface area (Å²) in [7, 11) is 0. The minimum Gasteiger partial charge on any atom is -0.392 e. The van der Waals surface area contributed by atoms with Crippen LogP contribution in [0.3, 0.4) is 0 Å². The molecular formula is C13H19NOS. The Balaban J connectivity index is 1.62. The second-order valence-corrected chi connectivity index (χ2v) is 5.39. The van der Waals surface area contributed by atoms with E-state index in [1.54, 1.807) is 0 Å². The topological polar surface area (TPSA) is 32.3 Å². The summed E-state index contributed by atoms with van der Waals surface area (Å²) in [6.07, 6.45) is 3.12. The number of aliphatic hydroxyl groups excluding tert-OH is 1. The van der Waals surface area contributed by atoms with Gasteiger partial charge in [-0.2, -0.15) is 0 Å². The van der Waals surface area contributed by atoms with Crippen LogP contribution in [0, 0.1) is 0 Å². The highest BCUT2D eigenvalue weighted by molar-refractivity contribution is 7.99. The third kappa shape index (κ3) is 3.51. The number of hydrogen-bond donors (Lipinski definition) is 2. The Kier molecular flexibility index (Phi) is 4.69. The summed E-state index contributed by atoms with van der Waals surface area (Å²) >= 11 is 1.86. The summed E-state index contributed by atoms with van der Waals surface area (Å²) in [4.78, 5) is 1.32. The predicted octanol–water partition coefficient (Wildman–Crippen LogP) is 2.28. The van der Waals surface area contributed by atoms with E-state index in [0.717, 1.165) is 31.6 Å². The Bertz CT molecular complexity index is 304. The maximum Gasteiger partial charge on any atom is 0.0693 e. The third-order valence-corrected chi connectivity index (χ3v) is 4.01. The summed E-state index contributed by atoms with van der Waals surface area (Å²) in [5.74, 6) is 1.06. The van der Waals surface area contributed by atoms with Crippen LogP contribution >= 0.6 is 11.8 Å². The Hall–Kier alpha value is -0.510. The SMILES string of the molecule is O[C@@H]1CCC[C@H]1NCCSc1ccccc1. The lowest BCUT2D eigenvalue weighted by Crippen LogP contribution is -2.36. The number of aliphatic hydroxyl groups is 1. The average Bonchev–Trinajstić information content (AvgIpc) is 2.72. The highest BCUT2D eigenvalue weighted by atomic mass is 32.2. The highest BCUT2D eigenvalue weighted by Gasteiger charge is 2.23. The lowest BCUT2D eigenvalue weighted by atomic mass is 10.2. The molecular weight excluding hydrogens is 218 g/mol. The summed E-state index contributed by atoms with van der Waals surface area (Å²) in [5, 5.41) is 13.1. The molecule has 0 heterocycles. The van der Waals surface area contributed by atoms with Gasteiger partial charge < -0.3 is 10.4 Å². The van der Waals surface area contributed by atoms with Gasteiger partial charge in [-0.3, -0.25) is 0 Å². The fourth-order valence-electron chi connectivity index (χ4n) is 2.11. The fourth-order valence-corrected chi connectivity index (χ4v) is 2.91. The van der Waals surface area contributed by atoms with Crippen molar-refractivity contribution in [2.75, 3.05) is 12.3 Å². The lowest BCUT2D eigenvalue weighted by Gasteiger charge is -2.15. The third-order valence-electron chi connectivity index (χ3n) is 3.00. The van der Waals surface area contributed by atoms with E-state index in [1.807, 2.05) is 17.8 Å². The minimum absolute atomic E-state index is 0.123. The fraction of sp³-hybridized carbons (Fsp3) is 0.538. The molecule has 16 heavy (non-hydrogen) atoms. The number of thioether (sulfide) groups is 1. The van der Waals surface area contributed by atoms with E-state index in [1.165, 1.54) is 4.90 Å². The first-order valence-corrected chi connectivity index (χ1v) is 6.94. The lowest BCUT2D eigenvalue weighted by molar-refractivity contribution is 0.150. The molecule has 0 unspecified atom stereocenters. The molecule has 1 fully saturated rings. The molecule has 1 aromatic carbocycles. The van der Waals surface area contributed by atoms with Gasteiger partial charge in [0.15, 0.2) is 0 Å². The first-order valence-electron chi connectivity index (χ1n) is 5.95. The van der Waals surface area contributed by atoms with Gasteiger partial charge in [-0.25, -0.2) is 0 Å². The van der Waals surface area contributed by atoms with E-state index < -0.39 is 0 Å². The second-order valence-electron chi connectivity index (χ2n) is 4.22. The minimum atomic E-state index is -0.123. The standard InChI is InChI=1S/C13H19NOS/c15-13-8-4-7-12(13)14-9-10-16-11-5-2-1-3-6-11/h1-3,5-6,12-15H,4,7-10H2/t12-,13-/m1/s1. The molecule has 0 spiro atoms. The Morgan fingerprint density at radius 2 is 2.06 bits per heavy atom. The van der Waals surface area contributed by atoms with Gasteiger partial charge in [-0.05, 0) is 31.4 Å². The smallest absolute Gasteiger partial charge is 0.0693 e. The Morgan fingerprint density at radius 1 is 1.25 bits per heavy atom. The molecule has 2 N–H and O–H groups in total. The van der Waals surface area contributed by atoms with E-state index >= 15 is 0 Å². The van der Waals surface area contributed by atoms with Gasteiger partial charge >= 0.3 is 0 Å². The number of nitrogens with one attached hydrogen (secondary N) is 1. The van der Waals surface area contributed by atoms with Crippen LogP contribution in [-0.2, 0) is 0 Å². The monoisotopic (exact) mass is 237 g/mol. The normalized spacial score (nSPS) is 24.8. The van der Waals surface area contributed by atoms with Crippen LogP contribution in [0.2, 0.25) is 0 Å². The molecule has 1 aliphatic carbocycles. The highest BCUT2D eigenvalue weighted by Crippen LogP contribution is 2.19. The van der Waals surface area contributed by atoms with Crippen molar-refractivity contribution in [1.82, 2.24) is 5.32 Å². The number of benzene rings is 1. The van der Waals surface area contributed by atoms with Crippen LogP contribution < -0.4 is 5.32 Å². The molecule has 1 aromatic rings. The first-order chi connectivity index (χ1) is 7.86. The molecule has 2 rings (SSSR count). The van der Waals surface area contributed by atoms with Crippen molar-refractivity contribution in [3.05, 3.63) is 30.3 Å². The van der Waals surface area contributed by atoms with Gasteiger partial charge in [0.1, 0.15) is 0 Å². The average molecular weight is 237 g/mol. The molecule has 0 saturated heterocycles. The molecule has 1 aliphatic rings. The van der Waals surface area contributed by atoms with Gasteiger partial charge in [0.25, 0.3) is 0 Å². The Morgan fingerprint density at radius 3 is 2.75 bits per heavy atom. The van der Waals surface area contributed by atoms with Crippen LogP contribution in [0.1, 0.15) is 19.3 Å². The van der Waals surface area contributed by atoms with E-state index in [0.29, 0.717) is 6.04 Å². The summed E-state index contributed by atoms with van der Waals surface area (Å²) in [6.45, 7) is 0.973. The maximum atomic E-state index is 9.64. The van der Waals surface area contributed by atoms with Crippen LogP contribution in [0.4, 0.5) is 0 Å². The largest absolute Gasteiger partial charge is 0.392 e. The quantitative estimate of drug-likeness (QED) is 0.609. The van der Waals surface area contributed by atoms with Crippen LogP contribution in [0.15, 0.2) is 35.2 Å². The molecule has 0 radical (unpaired) electrons. The van der Waals surface area contributed by atoms with Gasteiger partial charge in [0.05, 0.1) is 6.10 Å². The van der Waals surface area contributed by atoms with Crippen molar-refractivity contribution in [2.45, 2.75) is 36.3 Å². The molecule has 2 atom stereocenters. The summed E-state index contributed by atoms with van der Waals surface area (Å²) < 4.78 is 0. The van der Waals surface area contributed by atoms with E-state index in [-0.39, 0.29) is 6.10 Å². The number of hydrogen-bond acceptors (Lipinski definition) is 3. The molecule has 3 heteroatoms. The van der Waals surface area contributed by atoms with Gasteiger partial charge in [-0.1, -0.05) is 18.2 Å². The van der Waals surface area contributed by atoms with Crippen LogP contribution in [-0.4, -0.2) is 29.5 Å². The molecule has 0 aromatic heterocycles. The van der Waals surface area contributed by atoms with Crippen molar-refractivity contribution in [3.63, 3.8) is 0 Å². The van der Waals surface area contributed by atoms with Crippen molar-refractivity contribution in [2.24, 2.45) is 0 Å². The molecule has 1 saturated carbocycles. The summed E-state index contributed by atoms with van der Waals surface area (Å²) in [6, 6.07) is 10.8. The van der Waals surface area contributed by atoms with E-state index in [4.69, 9.17) is 0 Å². The second kappa shape index (κ2) is 6.28. The zero-order valence-electron chi connectivity index (χ0n) is 9.43. The predicted molar refractivity (Wildman–Crippen MR) is 68.8 cm³/mol. The van der Waals surface area contributed by atoms with Crippen molar-refractivity contribution in [1.29, 1.82) is 0 Å². The van der Waals surface area contributed by atoms with E-state index in [9.17, 15) is 5.11 Å². The van der Waals surface area contributed by atoms with Gasteiger partial charge in [0, 0.05) is 23.2 Å². The summed E-state index contributed by atoms with van der Waals surface area (Å²) in [5.41, 5.74) is 0. The molecule has 2 nitrogen and oxygen atoms in total. The zero-order chi connectivity index (χ0) is 11.2. The molecule has 0 bridgehead atoms. The zero-order valence-corrected chi connectivity index (χ0v) is 10.2. The molecule has 88 valence electrons. The van der Waals surface area contributed by atoms with Crippen LogP contribution in [0.5, 0.6) is 0 Å². The van der Waals surface area contributed by atoms with Crippen molar-refractivity contribution in [3.8, 4) is 0 Å². The molecule has 0 amide bonds. The van der Waals surface area contributed by atoms with E-state index in [2.05, 4.69) is 29.6 Å². The first kappa shape index (κ1) is 12.0. The maximum absolute atomic E-state index is 9.64. The Labute approximate surface area is 101 Å². The van der Waals surface area contributed by atoms with Crippen LogP contribution in [0.25, 0.3) is 0 Å². The van der Waals surface area contributed by atoms with Crippen molar-refractivity contribution < 1.29 is 5.11 Å². The molecule has 0 aliphatic heterocycles. The van der Waals surface area contributed by atoms with Gasteiger partial charge in [0.2, 0.25) is 0 Å².